The van der Waals surface area contributed by atoms with Gasteiger partial charge in [-0.3, -0.25) is 4.79 Å². The van der Waals surface area contributed by atoms with Crippen molar-refractivity contribution >= 4 is 17.5 Å². The molecule has 4 rings (SSSR count). The van der Waals surface area contributed by atoms with Crippen LogP contribution >= 0.6 is 11.8 Å². The second kappa shape index (κ2) is 8.84. The van der Waals surface area contributed by atoms with Gasteiger partial charge in [0.25, 0.3) is 5.22 Å². The number of aromatic hydroxyl groups is 1. The third kappa shape index (κ3) is 4.52. The van der Waals surface area contributed by atoms with Crippen molar-refractivity contribution in [1.82, 2.24) is 10.2 Å². The minimum atomic E-state index is -0.0272. The van der Waals surface area contributed by atoms with E-state index in [9.17, 15) is 9.90 Å². The number of hydrogen-bond acceptors (Lipinski definition) is 7. The largest absolute Gasteiger partial charge is 0.508 e. The van der Waals surface area contributed by atoms with E-state index in [0.717, 1.165) is 16.7 Å². The maximum atomic E-state index is 12.3. The van der Waals surface area contributed by atoms with Gasteiger partial charge in [0.05, 0.1) is 12.9 Å². The Morgan fingerprint density at radius 1 is 0.900 bits per heavy atom. The minimum absolute atomic E-state index is 0.0272. The summed E-state index contributed by atoms with van der Waals surface area (Å²) in [5.74, 6) is 1.51. The smallest absolute Gasteiger partial charge is 0.277 e. The summed E-state index contributed by atoms with van der Waals surface area (Å²) in [6, 6.07) is 21.7. The number of carbonyl (C=O) groups is 1. The van der Waals surface area contributed by atoms with Gasteiger partial charge in [0.15, 0.2) is 5.78 Å². The van der Waals surface area contributed by atoms with Crippen molar-refractivity contribution in [1.29, 1.82) is 0 Å². The molecule has 1 aromatic heterocycles. The Bertz CT molecular complexity index is 1140. The van der Waals surface area contributed by atoms with Gasteiger partial charge in [-0.25, -0.2) is 0 Å². The number of carbonyl (C=O) groups excluding carboxylic acids is 1. The summed E-state index contributed by atoms with van der Waals surface area (Å²) in [5, 5.41) is 17.8. The van der Waals surface area contributed by atoms with Gasteiger partial charge in [-0.1, -0.05) is 36.0 Å². The number of phenolic OH excluding ortho intramolecular Hbond substituents is 1. The Morgan fingerprint density at radius 2 is 1.50 bits per heavy atom. The molecule has 1 N–H and O–H groups in total. The monoisotopic (exact) mass is 418 g/mol. The predicted molar refractivity (Wildman–Crippen MR) is 115 cm³/mol. The quantitative estimate of drug-likeness (QED) is 0.330. The Hall–Kier alpha value is -3.58. The number of aromatic nitrogens is 2. The Labute approximate surface area is 177 Å². The molecule has 0 spiro atoms. The van der Waals surface area contributed by atoms with Gasteiger partial charge < -0.3 is 14.3 Å². The molecule has 7 heteroatoms. The summed E-state index contributed by atoms with van der Waals surface area (Å²) in [6.07, 6.45) is 0. The molecule has 4 aromatic rings. The summed E-state index contributed by atoms with van der Waals surface area (Å²) in [7, 11) is 1.58. The first-order valence-corrected chi connectivity index (χ1v) is 10.1. The highest BCUT2D eigenvalue weighted by molar-refractivity contribution is 7.99. The lowest BCUT2D eigenvalue weighted by molar-refractivity contribution is 0.102. The molecule has 0 bridgehead atoms. The van der Waals surface area contributed by atoms with Crippen molar-refractivity contribution in [2.24, 2.45) is 0 Å². The molecule has 0 amide bonds. The van der Waals surface area contributed by atoms with Crippen LogP contribution < -0.4 is 4.74 Å². The lowest BCUT2D eigenvalue weighted by atomic mass is 10.0. The van der Waals surface area contributed by atoms with Gasteiger partial charge in [0.2, 0.25) is 5.89 Å². The van der Waals surface area contributed by atoms with Crippen LogP contribution in [0.25, 0.3) is 22.6 Å². The summed E-state index contributed by atoms with van der Waals surface area (Å²) in [6.45, 7) is 0. The van der Waals surface area contributed by atoms with Crippen LogP contribution in [0.5, 0.6) is 11.5 Å². The zero-order chi connectivity index (χ0) is 20.9. The number of rotatable bonds is 7. The first-order valence-electron chi connectivity index (χ1n) is 9.16. The van der Waals surface area contributed by atoms with E-state index in [1.54, 1.807) is 43.5 Å². The number of phenols is 1. The number of methoxy groups -OCH3 is 1. The maximum Gasteiger partial charge on any atom is 0.277 e. The van der Waals surface area contributed by atoms with Crippen LogP contribution in [-0.4, -0.2) is 33.9 Å². The summed E-state index contributed by atoms with van der Waals surface area (Å²) in [4.78, 5) is 12.3. The molecule has 3 aromatic carbocycles. The summed E-state index contributed by atoms with van der Waals surface area (Å²) < 4.78 is 10.8. The number of benzene rings is 3. The van der Waals surface area contributed by atoms with Crippen molar-refractivity contribution in [3.05, 3.63) is 78.4 Å². The molecular formula is C23H18N2O4S. The van der Waals surface area contributed by atoms with E-state index in [4.69, 9.17) is 9.15 Å². The normalized spacial score (nSPS) is 10.7. The van der Waals surface area contributed by atoms with E-state index in [1.807, 2.05) is 36.4 Å². The molecule has 0 aliphatic heterocycles. The molecule has 0 atom stereocenters. The van der Waals surface area contributed by atoms with Crippen LogP contribution in [0.1, 0.15) is 10.4 Å². The Morgan fingerprint density at radius 3 is 2.13 bits per heavy atom. The van der Waals surface area contributed by atoms with E-state index >= 15 is 0 Å². The fourth-order valence-corrected chi connectivity index (χ4v) is 3.49. The second-order valence-corrected chi connectivity index (χ2v) is 7.36. The van der Waals surface area contributed by atoms with Crippen molar-refractivity contribution in [3.63, 3.8) is 0 Å². The molecule has 0 radical (unpaired) electrons. The highest BCUT2D eigenvalue weighted by Gasteiger charge is 2.13. The number of ether oxygens (including phenoxy) is 1. The second-order valence-electron chi connectivity index (χ2n) is 6.44. The van der Waals surface area contributed by atoms with E-state index in [-0.39, 0.29) is 17.3 Å². The maximum absolute atomic E-state index is 12.3. The van der Waals surface area contributed by atoms with Crippen LogP contribution in [0.2, 0.25) is 0 Å². The zero-order valence-electron chi connectivity index (χ0n) is 16.1. The van der Waals surface area contributed by atoms with Crippen LogP contribution in [0.3, 0.4) is 0 Å². The fourth-order valence-electron chi connectivity index (χ4n) is 2.83. The molecular weight excluding hydrogens is 400 g/mol. The predicted octanol–water partition coefficient (Wildman–Crippen LogP) is 5.09. The van der Waals surface area contributed by atoms with Crippen molar-refractivity contribution in [3.8, 4) is 34.1 Å². The van der Waals surface area contributed by atoms with E-state index in [2.05, 4.69) is 10.2 Å². The highest BCUT2D eigenvalue weighted by Crippen LogP contribution is 2.27. The number of Topliss-reactive ketones (excluding diaryl/α,β-unsaturated/α-hetero) is 1. The molecule has 0 unspecified atom stereocenters. The van der Waals surface area contributed by atoms with Crippen LogP contribution in [0.15, 0.2) is 82.4 Å². The van der Waals surface area contributed by atoms with Crippen molar-refractivity contribution < 1.29 is 19.1 Å². The van der Waals surface area contributed by atoms with Gasteiger partial charge >= 0.3 is 0 Å². The van der Waals surface area contributed by atoms with E-state index < -0.39 is 0 Å². The molecule has 0 aliphatic carbocycles. The van der Waals surface area contributed by atoms with Gasteiger partial charge in [0.1, 0.15) is 11.5 Å². The molecule has 6 nitrogen and oxygen atoms in total. The first-order chi connectivity index (χ1) is 14.6. The zero-order valence-corrected chi connectivity index (χ0v) is 16.9. The van der Waals surface area contributed by atoms with Crippen LogP contribution in [0.4, 0.5) is 0 Å². The SMILES string of the molecule is COc1ccc(C(=O)CSc2nnc(-c3ccc(-c4ccc(O)cc4)cc3)o2)cc1. The minimum Gasteiger partial charge on any atom is -0.508 e. The third-order valence-electron chi connectivity index (χ3n) is 4.48. The van der Waals surface area contributed by atoms with Gasteiger partial charge in [0, 0.05) is 11.1 Å². The lowest BCUT2D eigenvalue weighted by Gasteiger charge is -2.03. The van der Waals surface area contributed by atoms with Gasteiger partial charge in [-0.15, -0.1) is 10.2 Å². The summed E-state index contributed by atoms with van der Waals surface area (Å²) >= 11 is 1.21. The van der Waals surface area contributed by atoms with Crippen LogP contribution in [0, 0.1) is 0 Å². The van der Waals surface area contributed by atoms with Gasteiger partial charge in [-0.05, 0) is 59.7 Å². The summed E-state index contributed by atoms with van der Waals surface area (Å²) in [5.41, 5.74) is 3.40. The first kappa shape index (κ1) is 19.7. The van der Waals surface area contributed by atoms with Crippen LogP contribution in [-0.2, 0) is 0 Å². The standard InChI is InChI=1S/C23H18N2O4S/c1-28-20-12-8-17(9-13-20)21(27)14-30-23-25-24-22(29-23)18-4-2-15(3-5-18)16-6-10-19(26)11-7-16/h2-13,26H,14H2,1H3. The molecule has 0 aliphatic rings. The lowest BCUT2D eigenvalue weighted by Crippen LogP contribution is -2.02. The Kier molecular flexibility index (Phi) is 5.81. The van der Waals surface area contributed by atoms with E-state index in [1.165, 1.54) is 11.8 Å². The molecule has 150 valence electrons. The molecule has 0 saturated carbocycles. The van der Waals surface area contributed by atoms with Crippen molar-refractivity contribution in [2.75, 3.05) is 12.9 Å². The molecule has 0 fully saturated rings. The fraction of sp³-hybridized carbons (Fsp3) is 0.0870. The topological polar surface area (TPSA) is 85.5 Å². The highest BCUT2D eigenvalue weighted by atomic mass is 32.2. The average molecular weight is 418 g/mol. The third-order valence-corrected chi connectivity index (χ3v) is 5.30. The number of nitrogens with zero attached hydrogens (tertiary/aromatic N) is 2. The number of thioether (sulfide) groups is 1. The number of hydrogen-bond donors (Lipinski definition) is 1. The molecule has 1 heterocycles. The van der Waals surface area contributed by atoms with Gasteiger partial charge in [-0.2, -0.15) is 0 Å². The molecule has 0 saturated heterocycles. The van der Waals surface area contributed by atoms with Crippen molar-refractivity contribution in [2.45, 2.75) is 5.22 Å². The Balaban J connectivity index is 1.39. The van der Waals surface area contributed by atoms with E-state index in [0.29, 0.717) is 22.4 Å². The molecule has 30 heavy (non-hydrogen) atoms. The average Bonchev–Trinajstić information content (AvgIpc) is 3.27. The number of ketones is 1.